The molecule has 1 heterocycles. The molecule has 7 nitrogen and oxygen atoms in total. The molecule has 0 aromatic heterocycles. The summed E-state index contributed by atoms with van der Waals surface area (Å²) in [5.74, 6) is -0.477. The van der Waals surface area contributed by atoms with E-state index in [9.17, 15) is 9.59 Å². The predicted octanol–water partition coefficient (Wildman–Crippen LogP) is 3.65. The van der Waals surface area contributed by atoms with E-state index < -0.39 is 23.5 Å². The number of nitrogens with zero attached hydrogens (tertiary/aromatic N) is 4. The number of azide groups is 1. The molecule has 1 aromatic carbocycles. The van der Waals surface area contributed by atoms with Crippen LogP contribution in [0.2, 0.25) is 0 Å². The number of benzene rings is 1. The zero-order valence-electron chi connectivity index (χ0n) is 14.3. The maximum atomic E-state index is 13.0. The molecule has 0 spiro atoms. The fourth-order valence-corrected chi connectivity index (χ4v) is 2.89. The van der Waals surface area contributed by atoms with Crippen LogP contribution in [0.1, 0.15) is 33.3 Å². The lowest BCUT2D eigenvalue weighted by molar-refractivity contribution is -0.132. The van der Waals surface area contributed by atoms with Crippen molar-refractivity contribution in [1.29, 1.82) is 0 Å². The van der Waals surface area contributed by atoms with Crippen LogP contribution in [-0.2, 0) is 14.9 Å². The third-order valence-corrected chi connectivity index (χ3v) is 4.52. The number of imide groups is 1. The fourth-order valence-electron chi connectivity index (χ4n) is 2.89. The maximum Gasteiger partial charge on any atom is 0.416 e. The van der Waals surface area contributed by atoms with E-state index in [0.29, 0.717) is 0 Å². The van der Waals surface area contributed by atoms with Gasteiger partial charge >= 0.3 is 6.09 Å². The van der Waals surface area contributed by atoms with Crippen LogP contribution in [0.15, 0.2) is 35.4 Å². The van der Waals surface area contributed by atoms with Crippen molar-refractivity contribution in [2.45, 2.75) is 45.2 Å². The summed E-state index contributed by atoms with van der Waals surface area (Å²) in [6.45, 7) is 7.64. The Labute approximate surface area is 141 Å². The van der Waals surface area contributed by atoms with Gasteiger partial charge in [-0.3, -0.25) is 4.79 Å². The Bertz CT molecular complexity index is 666. The zero-order chi connectivity index (χ0) is 17.9. The second kappa shape index (κ2) is 6.93. The topological polar surface area (TPSA) is 95.4 Å². The van der Waals surface area contributed by atoms with Crippen molar-refractivity contribution in [2.75, 3.05) is 6.61 Å². The highest BCUT2D eigenvalue weighted by Crippen LogP contribution is 2.32. The number of carbonyl (C=O) groups is 2. The molecule has 2 rings (SSSR count). The Balaban J connectivity index is 2.42. The average Bonchev–Trinajstić information content (AvgIpc) is 2.94. The van der Waals surface area contributed by atoms with Gasteiger partial charge in [0, 0.05) is 10.3 Å². The van der Waals surface area contributed by atoms with E-state index in [1.165, 1.54) is 0 Å². The molecule has 0 bridgehead atoms. The maximum absolute atomic E-state index is 13.0. The van der Waals surface area contributed by atoms with Crippen LogP contribution in [0.3, 0.4) is 0 Å². The minimum Gasteiger partial charge on any atom is -0.447 e. The van der Waals surface area contributed by atoms with Crippen LogP contribution in [0.4, 0.5) is 4.79 Å². The molecule has 1 aliphatic heterocycles. The standard InChI is InChI=1S/C17H22N4O3/c1-11(2)13-10-24-16(23)21(13)15(22)14(19-20-18)17(3,4)12-8-6-5-7-9-12/h5-9,11,13-14H,10H2,1-4H3/t13-,14-/m1/s1. The normalized spacial score (nSPS) is 19.0. The predicted molar refractivity (Wildman–Crippen MR) is 89.2 cm³/mol. The van der Waals surface area contributed by atoms with Crippen molar-refractivity contribution in [3.05, 3.63) is 46.3 Å². The smallest absolute Gasteiger partial charge is 0.416 e. The van der Waals surface area contributed by atoms with E-state index in [2.05, 4.69) is 10.0 Å². The van der Waals surface area contributed by atoms with E-state index >= 15 is 0 Å². The molecule has 0 radical (unpaired) electrons. The molecule has 1 aliphatic rings. The summed E-state index contributed by atoms with van der Waals surface area (Å²) in [6.07, 6.45) is -0.680. The van der Waals surface area contributed by atoms with Gasteiger partial charge < -0.3 is 4.74 Å². The summed E-state index contributed by atoms with van der Waals surface area (Å²) >= 11 is 0. The Morgan fingerprint density at radius 2 is 2.00 bits per heavy atom. The fraction of sp³-hybridized carbons (Fsp3) is 0.529. The Kier molecular flexibility index (Phi) is 5.14. The third kappa shape index (κ3) is 3.21. The summed E-state index contributed by atoms with van der Waals surface area (Å²) in [7, 11) is 0. The number of ether oxygens (including phenoxy) is 1. The molecule has 128 valence electrons. The van der Waals surface area contributed by atoms with Crippen LogP contribution in [0.25, 0.3) is 10.4 Å². The molecular weight excluding hydrogens is 308 g/mol. The Morgan fingerprint density at radius 3 is 2.54 bits per heavy atom. The van der Waals surface area contributed by atoms with Crippen molar-refractivity contribution in [3.8, 4) is 0 Å². The second-order valence-corrected chi connectivity index (χ2v) is 6.79. The first-order valence-electron chi connectivity index (χ1n) is 7.90. The number of amides is 2. The summed E-state index contributed by atoms with van der Waals surface area (Å²) in [5.41, 5.74) is 9.03. The van der Waals surface area contributed by atoms with Gasteiger partial charge in [0.05, 0.1) is 6.04 Å². The van der Waals surface area contributed by atoms with Crippen LogP contribution < -0.4 is 0 Å². The van der Waals surface area contributed by atoms with Crippen molar-refractivity contribution < 1.29 is 14.3 Å². The quantitative estimate of drug-likeness (QED) is 0.468. The van der Waals surface area contributed by atoms with Crippen LogP contribution in [0.5, 0.6) is 0 Å². The van der Waals surface area contributed by atoms with Gasteiger partial charge in [0.25, 0.3) is 0 Å². The molecule has 0 saturated carbocycles. The van der Waals surface area contributed by atoms with Crippen molar-refractivity contribution in [1.82, 2.24) is 4.90 Å². The molecule has 2 amide bonds. The van der Waals surface area contributed by atoms with E-state index in [1.807, 2.05) is 58.0 Å². The number of hydrogen-bond donors (Lipinski definition) is 0. The highest BCUT2D eigenvalue weighted by molar-refractivity contribution is 5.97. The highest BCUT2D eigenvalue weighted by atomic mass is 16.6. The summed E-state index contributed by atoms with van der Waals surface area (Å²) in [5, 5.41) is 3.73. The third-order valence-electron chi connectivity index (χ3n) is 4.52. The number of hydrogen-bond acceptors (Lipinski definition) is 4. The molecule has 2 atom stereocenters. The van der Waals surface area contributed by atoms with Gasteiger partial charge in [0.2, 0.25) is 5.91 Å². The van der Waals surface area contributed by atoms with Crippen LogP contribution in [0, 0.1) is 5.92 Å². The first-order valence-corrected chi connectivity index (χ1v) is 7.90. The Morgan fingerprint density at radius 1 is 1.38 bits per heavy atom. The van der Waals surface area contributed by atoms with E-state index in [-0.39, 0.29) is 18.6 Å². The largest absolute Gasteiger partial charge is 0.447 e. The highest BCUT2D eigenvalue weighted by Gasteiger charge is 2.46. The Hall–Kier alpha value is -2.53. The lowest BCUT2D eigenvalue weighted by atomic mass is 9.77. The van der Waals surface area contributed by atoms with E-state index in [1.54, 1.807) is 0 Å². The number of carbonyl (C=O) groups excluding carboxylic acids is 2. The zero-order valence-corrected chi connectivity index (χ0v) is 14.3. The molecular formula is C17H22N4O3. The molecule has 0 unspecified atom stereocenters. The van der Waals surface area contributed by atoms with Gasteiger partial charge in [-0.25, -0.2) is 9.69 Å². The molecule has 24 heavy (non-hydrogen) atoms. The van der Waals surface area contributed by atoms with Crippen LogP contribution >= 0.6 is 0 Å². The van der Waals surface area contributed by atoms with E-state index in [4.69, 9.17) is 10.3 Å². The summed E-state index contributed by atoms with van der Waals surface area (Å²) < 4.78 is 5.04. The van der Waals surface area contributed by atoms with Gasteiger partial charge in [-0.05, 0) is 17.0 Å². The molecule has 0 aliphatic carbocycles. The van der Waals surface area contributed by atoms with E-state index in [0.717, 1.165) is 10.5 Å². The molecule has 1 aromatic rings. The second-order valence-electron chi connectivity index (χ2n) is 6.79. The van der Waals surface area contributed by atoms with Crippen molar-refractivity contribution >= 4 is 12.0 Å². The monoisotopic (exact) mass is 330 g/mol. The summed E-state index contributed by atoms with van der Waals surface area (Å²) in [4.78, 5) is 29.0. The SMILES string of the molecule is CC(C)[C@H]1COC(=O)N1C(=O)[C@@H](N=[N+]=[N-])C(C)(C)c1ccccc1. The van der Waals surface area contributed by atoms with Gasteiger partial charge in [-0.1, -0.05) is 63.1 Å². The minimum absolute atomic E-state index is 0.0481. The minimum atomic E-state index is -1.04. The summed E-state index contributed by atoms with van der Waals surface area (Å²) in [6, 6.07) is 7.93. The van der Waals surface area contributed by atoms with Crippen LogP contribution in [-0.4, -0.2) is 35.6 Å². The van der Waals surface area contributed by atoms with Gasteiger partial charge in [0.1, 0.15) is 12.6 Å². The average molecular weight is 330 g/mol. The van der Waals surface area contributed by atoms with Crippen molar-refractivity contribution in [2.24, 2.45) is 11.0 Å². The lowest BCUT2D eigenvalue weighted by Gasteiger charge is -2.34. The molecule has 1 saturated heterocycles. The molecule has 0 N–H and O–H groups in total. The van der Waals surface area contributed by atoms with Crippen molar-refractivity contribution in [3.63, 3.8) is 0 Å². The first kappa shape index (κ1) is 17.8. The molecule has 1 fully saturated rings. The van der Waals surface area contributed by atoms with Gasteiger partial charge in [0.15, 0.2) is 0 Å². The first-order chi connectivity index (χ1) is 11.3. The number of rotatable bonds is 5. The molecule has 7 heteroatoms. The lowest BCUT2D eigenvalue weighted by Crippen LogP contribution is -2.51. The number of cyclic esters (lactones) is 1. The van der Waals surface area contributed by atoms with Gasteiger partial charge in [-0.2, -0.15) is 0 Å². The van der Waals surface area contributed by atoms with Gasteiger partial charge in [-0.15, -0.1) is 0 Å².